The molecule has 0 amide bonds. The van der Waals surface area contributed by atoms with Crippen molar-refractivity contribution < 1.29 is 61.9 Å². The van der Waals surface area contributed by atoms with Gasteiger partial charge in [0.25, 0.3) is 0 Å². The molecule has 1 aromatic rings. The molecular weight excluding hydrogens is 712 g/mol. The fourth-order valence-corrected chi connectivity index (χ4v) is 5.35. The zero-order chi connectivity index (χ0) is 39.7. The van der Waals surface area contributed by atoms with Crippen LogP contribution in [0.3, 0.4) is 0 Å². The van der Waals surface area contributed by atoms with Crippen molar-refractivity contribution in [2.75, 3.05) is 159 Å². The second-order valence-electron chi connectivity index (χ2n) is 13.9. The van der Waals surface area contributed by atoms with E-state index in [-0.39, 0.29) is 6.61 Å². The van der Waals surface area contributed by atoms with Crippen LogP contribution in [-0.4, -0.2) is 164 Å². The van der Waals surface area contributed by atoms with Crippen LogP contribution < -0.4 is 4.74 Å². The van der Waals surface area contributed by atoms with Crippen molar-refractivity contribution in [1.29, 1.82) is 0 Å². The summed E-state index contributed by atoms with van der Waals surface area (Å²) >= 11 is 0. The van der Waals surface area contributed by atoms with E-state index in [9.17, 15) is 0 Å². The molecule has 0 fully saturated rings. The van der Waals surface area contributed by atoms with Crippen molar-refractivity contribution >= 4 is 0 Å². The fourth-order valence-electron chi connectivity index (χ4n) is 5.35. The van der Waals surface area contributed by atoms with Crippen LogP contribution in [0, 0.1) is 11.8 Å². The van der Waals surface area contributed by atoms with E-state index < -0.39 is 0 Å². The second kappa shape index (κ2) is 40.7. The van der Waals surface area contributed by atoms with Gasteiger partial charge in [0.15, 0.2) is 0 Å². The molecule has 0 radical (unpaired) electrons. The first-order chi connectivity index (χ1) is 27.0. The molecule has 0 saturated heterocycles. The van der Waals surface area contributed by atoms with E-state index in [2.05, 4.69) is 52.0 Å². The minimum Gasteiger partial charge on any atom is -0.491 e. The predicted octanol–water partition coefficient (Wildman–Crippen LogP) is 5.59. The van der Waals surface area contributed by atoms with E-state index in [4.69, 9.17) is 61.9 Å². The van der Waals surface area contributed by atoms with Crippen LogP contribution in [-0.2, 0) is 52.1 Å². The Morgan fingerprint density at radius 1 is 0.382 bits per heavy atom. The molecule has 0 heterocycles. The number of aliphatic hydroxyl groups is 1. The Morgan fingerprint density at radius 2 is 0.691 bits per heavy atom. The molecular formula is C42H78O13. The van der Waals surface area contributed by atoms with Gasteiger partial charge in [0.05, 0.1) is 152 Å². The van der Waals surface area contributed by atoms with E-state index in [0.29, 0.717) is 164 Å². The average molecular weight is 791 g/mol. The lowest BCUT2D eigenvalue weighted by molar-refractivity contribution is -0.0280. The largest absolute Gasteiger partial charge is 0.491 e. The first kappa shape index (κ1) is 51.6. The van der Waals surface area contributed by atoms with E-state index in [1.807, 2.05) is 0 Å². The first-order valence-corrected chi connectivity index (χ1v) is 20.7. The molecule has 0 aliphatic heterocycles. The van der Waals surface area contributed by atoms with Crippen molar-refractivity contribution in [3.8, 4) is 5.75 Å². The maximum atomic E-state index is 8.60. The summed E-state index contributed by atoms with van der Waals surface area (Å²) < 4.78 is 66.0. The quantitative estimate of drug-likeness (QED) is 0.0826. The van der Waals surface area contributed by atoms with Crippen LogP contribution in [0.25, 0.3) is 0 Å². The van der Waals surface area contributed by atoms with Gasteiger partial charge in [0.2, 0.25) is 0 Å². The van der Waals surface area contributed by atoms with Gasteiger partial charge < -0.3 is 61.9 Å². The standard InChI is InChI=1S/C42H78O13/c1-38(2)7-5-6-8-41(37-39(3)4)40-9-11-42(12-10-40)55-36-35-54-34-33-53-32-31-52-30-29-51-28-27-50-26-25-49-24-23-48-22-21-47-20-19-46-18-17-45-16-15-44-14-13-43/h9-12,38-39,41,43H,5-8,13-37H2,1-4H3. The molecule has 1 N–H and O–H groups in total. The number of hydrogen-bond acceptors (Lipinski definition) is 13. The van der Waals surface area contributed by atoms with Gasteiger partial charge in [-0.25, -0.2) is 0 Å². The van der Waals surface area contributed by atoms with Crippen LogP contribution in [0.15, 0.2) is 24.3 Å². The Bertz CT molecular complexity index is 891. The highest BCUT2D eigenvalue weighted by Gasteiger charge is 2.14. The van der Waals surface area contributed by atoms with Gasteiger partial charge in [0.1, 0.15) is 12.4 Å². The molecule has 0 saturated carbocycles. The monoisotopic (exact) mass is 791 g/mol. The highest BCUT2D eigenvalue weighted by molar-refractivity contribution is 5.29. The summed E-state index contributed by atoms with van der Waals surface area (Å²) in [4.78, 5) is 0. The van der Waals surface area contributed by atoms with E-state index in [1.165, 1.54) is 37.7 Å². The Morgan fingerprint density at radius 3 is 1.00 bits per heavy atom. The van der Waals surface area contributed by atoms with Crippen molar-refractivity contribution in [2.24, 2.45) is 11.8 Å². The number of aliphatic hydroxyl groups excluding tert-OH is 1. The smallest absolute Gasteiger partial charge is 0.119 e. The van der Waals surface area contributed by atoms with Gasteiger partial charge in [-0.15, -0.1) is 0 Å². The molecule has 1 aromatic carbocycles. The highest BCUT2D eigenvalue weighted by Crippen LogP contribution is 2.30. The summed E-state index contributed by atoms with van der Waals surface area (Å²) in [6, 6.07) is 8.67. The summed E-state index contributed by atoms with van der Waals surface area (Å²) in [5, 5.41) is 8.60. The van der Waals surface area contributed by atoms with Gasteiger partial charge in [-0.2, -0.15) is 0 Å². The van der Waals surface area contributed by atoms with E-state index in [0.717, 1.165) is 11.7 Å². The summed E-state index contributed by atoms with van der Waals surface area (Å²) in [6.07, 6.45) is 6.42. The van der Waals surface area contributed by atoms with Crippen molar-refractivity contribution in [3.63, 3.8) is 0 Å². The average Bonchev–Trinajstić information content (AvgIpc) is 3.17. The van der Waals surface area contributed by atoms with Crippen LogP contribution in [0.1, 0.15) is 71.3 Å². The number of ether oxygens (including phenoxy) is 12. The third kappa shape index (κ3) is 36.6. The summed E-state index contributed by atoms with van der Waals surface area (Å²) in [7, 11) is 0. The molecule has 0 spiro atoms. The lowest BCUT2D eigenvalue weighted by Gasteiger charge is -2.20. The number of rotatable bonds is 44. The van der Waals surface area contributed by atoms with Gasteiger partial charge in [-0.05, 0) is 48.3 Å². The summed E-state index contributed by atoms with van der Waals surface area (Å²) in [6.45, 7) is 20.8. The lowest BCUT2D eigenvalue weighted by atomic mass is 9.86. The molecule has 0 aliphatic rings. The third-order valence-corrected chi connectivity index (χ3v) is 8.14. The van der Waals surface area contributed by atoms with Crippen LogP contribution in [0.4, 0.5) is 0 Å². The minimum atomic E-state index is 0.0250. The molecule has 55 heavy (non-hydrogen) atoms. The van der Waals surface area contributed by atoms with E-state index >= 15 is 0 Å². The molecule has 13 heteroatoms. The van der Waals surface area contributed by atoms with Crippen molar-refractivity contribution in [3.05, 3.63) is 29.8 Å². The first-order valence-electron chi connectivity index (χ1n) is 20.7. The number of benzene rings is 1. The Kier molecular flexibility index (Phi) is 38.2. The zero-order valence-electron chi connectivity index (χ0n) is 34.9. The van der Waals surface area contributed by atoms with Crippen molar-refractivity contribution in [2.45, 2.75) is 65.7 Å². The maximum absolute atomic E-state index is 8.60. The lowest BCUT2D eigenvalue weighted by Crippen LogP contribution is -2.15. The van der Waals surface area contributed by atoms with Crippen LogP contribution >= 0.6 is 0 Å². The van der Waals surface area contributed by atoms with Crippen molar-refractivity contribution in [1.82, 2.24) is 0 Å². The second-order valence-corrected chi connectivity index (χ2v) is 13.9. The molecule has 1 rings (SSSR count). The Balaban J connectivity index is 1.78. The van der Waals surface area contributed by atoms with Crippen LogP contribution in [0.2, 0.25) is 0 Å². The molecule has 0 bridgehead atoms. The topological polar surface area (TPSA) is 131 Å². The summed E-state index contributed by atoms with van der Waals surface area (Å²) in [5.41, 5.74) is 1.42. The molecule has 324 valence electrons. The predicted molar refractivity (Wildman–Crippen MR) is 214 cm³/mol. The van der Waals surface area contributed by atoms with E-state index in [1.54, 1.807) is 0 Å². The van der Waals surface area contributed by atoms with Gasteiger partial charge in [-0.3, -0.25) is 0 Å². The molecule has 1 unspecified atom stereocenters. The van der Waals surface area contributed by atoms with Gasteiger partial charge in [-0.1, -0.05) is 59.1 Å². The summed E-state index contributed by atoms with van der Waals surface area (Å²) in [5.74, 6) is 2.99. The molecule has 1 atom stereocenters. The van der Waals surface area contributed by atoms with Crippen LogP contribution in [0.5, 0.6) is 5.75 Å². The SMILES string of the molecule is CC(C)CCCCC(CC(C)C)c1ccc(OCCOCCOCCOCCOCCOCCOCCOCCOCCOCCOCCOCCO)cc1. The fraction of sp³-hybridized carbons (Fsp3) is 0.857. The number of unbranched alkanes of at least 4 members (excludes halogenated alkanes) is 1. The molecule has 0 aliphatic carbocycles. The molecule has 0 aromatic heterocycles. The van der Waals surface area contributed by atoms with Gasteiger partial charge >= 0.3 is 0 Å². The third-order valence-electron chi connectivity index (χ3n) is 8.14. The number of hydrogen-bond donors (Lipinski definition) is 1. The maximum Gasteiger partial charge on any atom is 0.119 e. The van der Waals surface area contributed by atoms with Gasteiger partial charge in [0, 0.05) is 0 Å². The minimum absolute atomic E-state index is 0.0250. The highest BCUT2D eigenvalue weighted by atomic mass is 16.6. The zero-order valence-corrected chi connectivity index (χ0v) is 34.9. The Labute approximate surface area is 333 Å². The molecule has 13 nitrogen and oxygen atoms in total. The normalized spacial score (nSPS) is 12.3. The Hall–Kier alpha value is -1.46.